The number of amides is 1. The van der Waals surface area contributed by atoms with Gasteiger partial charge in [0.2, 0.25) is 0 Å². The molecule has 136 valence electrons. The lowest BCUT2D eigenvalue weighted by atomic mass is 10.0. The van der Waals surface area contributed by atoms with Gasteiger partial charge in [0.1, 0.15) is 17.6 Å². The standard InChI is InChI=1S/C18H23F2N3O2/c1-18(2,3)25-17(24)22-9-8-16(15(20)11-22)23(12-21)10-13-4-6-14(19)7-5-13/h4-7,15-16H,8-11H2,1-3H3/t15-,16+/m1/s1. The molecule has 1 fully saturated rings. The number of nitrogens with zero attached hydrogens (tertiary/aromatic N) is 3. The second-order valence-corrected chi connectivity index (χ2v) is 7.15. The Morgan fingerprint density at radius 2 is 2.04 bits per heavy atom. The average Bonchev–Trinajstić information content (AvgIpc) is 2.53. The molecule has 1 heterocycles. The number of rotatable bonds is 3. The predicted molar refractivity (Wildman–Crippen MR) is 88.7 cm³/mol. The molecule has 0 N–H and O–H groups in total. The molecule has 0 saturated carbocycles. The van der Waals surface area contributed by atoms with Crippen molar-refractivity contribution in [3.05, 3.63) is 35.6 Å². The molecule has 1 saturated heterocycles. The highest BCUT2D eigenvalue weighted by atomic mass is 19.1. The number of carbonyl (C=O) groups excluding carboxylic acids is 1. The van der Waals surface area contributed by atoms with E-state index in [1.807, 2.05) is 6.19 Å². The fourth-order valence-electron chi connectivity index (χ4n) is 2.75. The molecule has 2 atom stereocenters. The molecule has 1 aromatic rings. The van der Waals surface area contributed by atoms with Crippen LogP contribution in [0.15, 0.2) is 24.3 Å². The summed E-state index contributed by atoms with van der Waals surface area (Å²) in [6.07, 6.45) is 0.435. The molecule has 7 heteroatoms. The second kappa shape index (κ2) is 7.68. The topological polar surface area (TPSA) is 56.6 Å². The van der Waals surface area contributed by atoms with E-state index in [0.29, 0.717) is 13.0 Å². The van der Waals surface area contributed by atoms with Gasteiger partial charge in [0.15, 0.2) is 6.19 Å². The van der Waals surface area contributed by atoms with E-state index < -0.39 is 23.9 Å². The van der Waals surface area contributed by atoms with E-state index in [-0.39, 0.29) is 18.9 Å². The van der Waals surface area contributed by atoms with Gasteiger partial charge in [0.25, 0.3) is 0 Å². The van der Waals surface area contributed by atoms with E-state index in [9.17, 15) is 18.8 Å². The number of piperidine rings is 1. The smallest absolute Gasteiger partial charge is 0.410 e. The van der Waals surface area contributed by atoms with Gasteiger partial charge in [0.05, 0.1) is 19.1 Å². The Labute approximate surface area is 146 Å². The van der Waals surface area contributed by atoms with E-state index in [2.05, 4.69) is 0 Å². The maximum absolute atomic E-state index is 14.6. The molecular weight excluding hydrogens is 328 g/mol. The minimum absolute atomic E-state index is 0.110. The number of ether oxygens (including phenoxy) is 1. The van der Waals surface area contributed by atoms with Gasteiger partial charge in [-0.05, 0) is 44.9 Å². The van der Waals surface area contributed by atoms with Crippen LogP contribution in [0.3, 0.4) is 0 Å². The highest BCUT2D eigenvalue weighted by Crippen LogP contribution is 2.23. The first-order valence-corrected chi connectivity index (χ1v) is 8.22. The molecule has 25 heavy (non-hydrogen) atoms. The number of hydrogen-bond donors (Lipinski definition) is 0. The van der Waals surface area contributed by atoms with Crippen molar-refractivity contribution < 1.29 is 18.3 Å². The Bertz CT molecular complexity index is 637. The first kappa shape index (κ1) is 19.0. The van der Waals surface area contributed by atoms with Gasteiger partial charge >= 0.3 is 6.09 Å². The average molecular weight is 351 g/mol. The van der Waals surface area contributed by atoms with Gasteiger partial charge in [-0.15, -0.1) is 0 Å². The molecule has 0 bridgehead atoms. The van der Waals surface area contributed by atoms with Crippen LogP contribution < -0.4 is 0 Å². The van der Waals surface area contributed by atoms with Crippen LogP contribution in [0.25, 0.3) is 0 Å². The maximum Gasteiger partial charge on any atom is 0.410 e. The molecule has 2 rings (SSSR count). The second-order valence-electron chi connectivity index (χ2n) is 7.15. The van der Waals surface area contributed by atoms with Crippen molar-refractivity contribution in [3.63, 3.8) is 0 Å². The van der Waals surface area contributed by atoms with E-state index in [4.69, 9.17) is 4.74 Å². The largest absolute Gasteiger partial charge is 0.444 e. The number of nitriles is 1. The normalized spacial score (nSPS) is 20.7. The fourth-order valence-corrected chi connectivity index (χ4v) is 2.75. The molecule has 1 amide bonds. The summed E-state index contributed by atoms with van der Waals surface area (Å²) in [5.74, 6) is -0.360. The Morgan fingerprint density at radius 3 is 2.56 bits per heavy atom. The van der Waals surface area contributed by atoms with Crippen molar-refractivity contribution in [2.45, 2.75) is 51.6 Å². The summed E-state index contributed by atoms with van der Waals surface area (Å²) in [5.41, 5.74) is 0.0887. The zero-order valence-corrected chi connectivity index (χ0v) is 14.7. The van der Waals surface area contributed by atoms with Crippen LogP contribution in [0.4, 0.5) is 13.6 Å². The van der Waals surface area contributed by atoms with Crippen LogP contribution in [-0.2, 0) is 11.3 Å². The molecule has 0 spiro atoms. The molecular formula is C18H23F2N3O2. The lowest BCUT2D eigenvalue weighted by Crippen LogP contribution is -2.53. The monoisotopic (exact) mass is 351 g/mol. The van der Waals surface area contributed by atoms with Crippen LogP contribution in [0.5, 0.6) is 0 Å². The SMILES string of the molecule is CC(C)(C)OC(=O)N1CC[C@H](N(C#N)Cc2ccc(F)cc2)[C@H](F)C1. The van der Waals surface area contributed by atoms with Gasteiger partial charge in [-0.1, -0.05) is 12.1 Å². The van der Waals surface area contributed by atoms with Crippen LogP contribution >= 0.6 is 0 Å². The molecule has 0 aliphatic carbocycles. The molecule has 1 aliphatic rings. The summed E-state index contributed by atoms with van der Waals surface area (Å²) in [6.45, 7) is 5.68. The number of halogens is 2. The molecule has 5 nitrogen and oxygen atoms in total. The third-order valence-corrected chi connectivity index (χ3v) is 3.95. The van der Waals surface area contributed by atoms with Crippen LogP contribution in [0.1, 0.15) is 32.8 Å². The number of alkyl halides is 1. The molecule has 1 aliphatic heterocycles. The fraction of sp³-hybridized carbons (Fsp3) is 0.556. The van der Waals surface area contributed by atoms with Crippen molar-refractivity contribution in [1.29, 1.82) is 5.26 Å². The predicted octanol–water partition coefficient (Wildman–Crippen LogP) is 3.46. The van der Waals surface area contributed by atoms with Crippen LogP contribution in [0, 0.1) is 17.3 Å². The third-order valence-electron chi connectivity index (χ3n) is 3.95. The minimum Gasteiger partial charge on any atom is -0.444 e. The first-order chi connectivity index (χ1) is 11.7. The summed E-state index contributed by atoms with van der Waals surface area (Å²) < 4.78 is 32.8. The lowest BCUT2D eigenvalue weighted by Gasteiger charge is -2.38. The summed E-state index contributed by atoms with van der Waals surface area (Å²) in [4.78, 5) is 14.7. The minimum atomic E-state index is -1.36. The lowest BCUT2D eigenvalue weighted by molar-refractivity contribution is 0.000829. The summed E-state index contributed by atoms with van der Waals surface area (Å²) in [6, 6.07) is 5.14. The quantitative estimate of drug-likeness (QED) is 0.618. The Hall–Kier alpha value is -2.36. The first-order valence-electron chi connectivity index (χ1n) is 8.22. The molecule has 0 radical (unpaired) electrons. The Kier molecular flexibility index (Phi) is 5.83. The van der Waals surface area contributed by atoms with E-state index in [0.717, 1.165) is 5.56 Å². The van der Waals surface area contributed by atoms with Crippen molar-refractivity contribution in [2.75, 3.05) is 13.1 Å². The van der Waals surface area contributed by atoms with Crippen molar-refractivity contribution in [2.24, 2.45) is 0 Å². The van der Waals surface area contributed by atoms with Gasteiger partial charge < -0.3 is 14.5 Å². The van der Waals surface area contributed by atoms with Gasteiger partial charge in [-0.3, -0.25) is 0 Å². The maximum atomic E-state index is 14.6. The van der Waals surface area contributed by atoms with Gasteiger partial charge in [0, 0.05) is 6.54 Å². The van der Waals surface area contributed by atoms with Crippen LogP contribution in [0.2, 0.25) is 0 Å². The molecule has 0 aromatic heterocycles. The number of benzene rings is 1. The Balaban J connectivity index is 1.98. The number of likely N-dealkylation sites (tertiary alicyclic amines) is 1. The Morgan fingerprint density at radius 1 is 1.40 bits per heavy atom. The number of carbonyl (C=O) groups is 1. The van der Waals surface area contributed by atoms with E-state index in [1.54, 1.807) is 32.9 Å². The van der Waals surface area contributed by atoms with E-state index in [1.165, 1.54) is 21.9 Å². The van der Waals surface area contributed by atoms with Crippen molar-refractivity contribution >= 4 is 6.09 Å². The van der Waals surface area contributed by atoms with Crippen molar-refractivity contribution in [1.82, 2.24) is 9.80 Å². The third kappa shape index (κ3) is 5.31. The van der Waals surface area contributed by atoms with Gasteiger partial charge in [-0.2, -0.15) is 5.26 Å². The summed E-state index contributed by atoms with van der Waals surface area (Å²) in [7, 11) is 0. The zero-order valence-electron chi connectivity index (χ0n) is 14.7. The van der Waals surface area contributed by atoms with Crippen LogP contribution in [-0.4, -0.2) is 46.8 Å². The highest BCUT2D eigenvalue weighted by molar-refractivity contribution is 5.68. The summed E-state index contributed by atoms with van der Waals surface area (Å²) >= 11 is 0. The zero-order chi connectivity index (χ0) is 18.6. The molecule has 0 unspecified atom stereocenters. The molecule has 1 aromatic carbocycles. The van der Waals surface area contributed by atoms with Crippen molar-refractivity contribution in [3.8, 4) is 6.19 Å². The van der Waals surface area contributed by atoms with Gasteiger partial charge in [-0.25, -0.2) is 13.6 Å². The number of hydrogen-bond acceptors (Lipinski definition) is 4. The summed E-state index contributed by atoms with van der Waals surface area (Å²) in [5, 5.41) is 9.37. The highest BCUT2D eigenvalue weighted by Gasteiger charge is 2.36. The van der Waals surface area contributed by atoms with E-state index >= 15 is 0 Å².